The summed E-state index contributed by atoms with van der Waals surface area (Å²) in [6, 6.07) is 6.33. The second kappa shape index (κ2) is 7.71. The monoisotopic (exact) mass is 309 g/mol. The van der Waals surface area contributed by atoms with Crippen LogP contribution in [-0.4, -0.2) is 33.3 Å². The molecule has 1 aliphatic carbocycles. The molecule has 116 valence electrons. The van der Waals surface area contributed by atoms with E-state index in [4.69, 9.17) is 5.11 Å². The van der Waals surface area contributed by atoms with Gasteiger partial charge in [0.15, 0.2) is 0 Å². The minimum Gasteiger partial charge on any atom is -0.395 e. The third-order valence-corrected chi connectivity index (χ3v) is 5.08. The van der Waals surface area contributed by atoms with Crippen molar-refractivity contribution in [2.75, 3.05) is 18.1 Å². The molecule has 0 fully saturated rings. The maximum atomic E-state index is 11.8. The number of hydrogen-bond donors (Lipinski definition) is 2. The van der Waals surface area contributed by atoms with Gasteiger partial charge in [0.1, 0.15) is 5.75 Å². The molecule has 2 N–H and O–H groups in total. The van der Waals surface area contributed by atoms with Crippen LogP contribution in [0.2, 0.25) is 0 Å². The Morgan fingerprint density at radius 2 is 2.05 bits per heavy atom. The van der Waals surface area contributed by atoms with Crippen LogP contribution < -0.4 is 5.32 Å². The Labute approximate surface area is 128 Å². The van der Waals surface area contributed by atoms with E-state index >= 15 is 0 Å². The number of nitrogens with one attached hydrogen (secondary N) is 1. The molecule has 1 amide bonds. The van der Waals surface area contributed by atoms with Crippen LogP contribution in [0.15, 0.2) is 18.2 Å². The highest BCUT2D eigenvalue weighted by Gasteiger charge is 2.15. The van der Waals surface area contributed by atoms with Gasteiger partial charge in [0.05, 0.1) is 12.6 Å². The van der Waals surface area contributed by atoms with E-state index in [1.54, 1.807) is 0 Å². The number of hydrogen-bond acceptors (Lipinski definition) is 3. The van der Waals surface area contributed by atoms with E-state index < -0.39 is 10.8 Å². The summed E-state index contributed by atoms with van der Waals surface area (Å²) in [4.78, 5) is 11.8. The van der Waals surface area contributed by atoms with Gasteiger partial charge in [-0.05, 0) is 49.3 Å². The number of amides is 1. The SMILES string of the molecule is C[C@@H](NC(=O)C[S@](=O)CCO)c1ccc2c(c1)CCCC2. The van der Waals surface area contributed by atoms with Gasteiger partial charge in [-0.25, -0.2) is 0 Å². The molecular weight excluding hydrogens is 286 g/mol. The predicted molar refractivity (Wildman–Crippen MR) is 84.6 cm³/mol. The number of benzene rings is 1. The fourth-order valence-corrected chi connectivity index (χ4v) is 3.43. The van der Waals surface area contributed by atoms with Crippen molar-refractivity contribution in [3.8, 4) is 0 Å². The zero-order chi connectivity index (χ0) is 15.2. The van der Waals surface area contributed by atoms with Crippen molar-refractivity contribution in [3.05, 3.63) is 34.9 Å². The lowest BCUT2D eigenvalue weighted by Crippen LogP contribution is -2.31. The van der Waals surface area contributed by atoms with E-state index in [0.717, 1.165) is 18.4 Å². The van der Waals surface area contributed by atoms with Crippen LogP contribution in [0.25, 0.3) is 0 Å². The molecule has 2 rings (SSSR count). The second-order valence-electron chi connectivity index (χ2n) is 5.54. The van der Waals surface area contributed by atoms with Crippen molar-refractivity contribution in [3.63, 3.8) is 0 Å². The minimum atomic E-state index is -1.29. The first-order valence-electron chi connectivity index (χ1n) is 7.47. The quantitative estimate of drug-likeness (QED) is 0.836. The molecule has 1 aromatic carbocycles. The summed E-state index contributed by atoms with van der Waals surface area (Å²) in [5.74, 6) is -0.122. The zero-order valence-corrected chi connectivity index (χ0v) is 13.2. The van der Waals surface area contributed by atoms with Crippen LogP contribution >= 0.6 is 0 Å². The molecule has 0 aromatic heterocycles. The van der Waals surface area contributed by atoms with Crippen LogP contribution in [0.1, 0.15) is 42.5 Å². The predicted octanol–water partition coefficient (Wildman–Crippen LogP) is 1.48. The van der Waals surface area contributed by atoms with Gasteiger partial charge in [-0.1, -0.05) is 18.2 Å². The Morgan fingerprint density at radius 1 is 1.33 bits per heavy atom. The molecule has 5 heteroatoms. The van der Waals surface area contributed by atoms with Crippen molar-refractivity contribution in [1.82, 2.24) is 5.32 Å². The van der Waals surface area contributed by atoms with E-state index in [9.17, 15) is 9.00 Å². The van der Waals surface area contributed by atoms with E-state index in [1.165, 1.54) is 24.0 Å². The summed E-state index contributed by atoms with van der Waals surface area (Å²) in [6.45, 7) is 1.79. The summed E-state index contributed by atoms with van der Waals surface area (Å²) in [6.07, 6.45) is 4.76. The Kier molecular flexibility index (Phi) is 5.94. The Bertz CT molecular complexity index is 530. The lowest BCUT2D eigenvalue weighted by atomic mass is 9.89. The Balaban J connectivity index is 1.95. The average Bonchev–Trinajstić information content (AvgIpc) is 2.46. The third-order valence-electron chi connectivity index (χ3n) is 3.86. The van der Waals surface area contributed by atoms with Crippen LogP contribution in [0.3, 0.4) is 0 Å². The highest BCUT2D eigenvalue weighted by Crippen LogP contribution is 2.24. The normalized spacial score (nSPS) is 16.9. The molecule has 0 heterocycles. The molecule has 0 unspecified atom stereocenters. The average molecular weight is 309 g/mol. The van der Waals surface area contributed by atoms with Gasteiger partial charge in [0.25, 0.3) is 0 Å². The van der Waals surface area contributed by atoms with E-state index in [-0.39, 0.29) is 30.1 Å². The van der Waals surface area contributed by atoms with Crippen LogP contribution in [-0.2, 0) is 28.4 Å². The highest BCUT2D eigenvalue weighted by molar-refractivity contribution is 7.85. The third kappa shape index (κ3) is 4.64. The van der Waals surface area contributed by atoms with Gasteiger partial charge in [0.2, 0.25) is 5.91 Å². The molecular formula is C16H23NO3S. The van der Waals surface area contributed by atoms with Crippen molar-refractivity contribution in [1.29, 1.82) is 0 Å². The molecule has 1 aromatic rings. The summed E-state index contributed by atoms with van der Waals surface area (Å²) >= 11 is 0. The zero-order valence-electron chi connectivity index (χ0n) is 12.4. The van der Waals surface area contributed by atoms with Gasteiger partial charge < -0.3 is 10.4 Å². The molecule has 0 aliphatic heterocycles. The number of carbonyl (C=O) groups excluding carboxylic acids is 1. The summed E-state index contributed by atoms with van der Waals surface area (Å²) < 4.78 is 11.5. The molecule has 0 saturated heterocycles. The van der Waals surface area contributed by atoms with Crippen LogP contribution in [0.5, 0.6) is 0 Å². The van der Waals surface area contributed by atoms with E-state index in [0.29, 0.717) is 0 Å². The molecule has 0 bridgehead atoms. The van der Waals surface area contributed by atoms with Crippen LogP contribution in [0.4, 0.5) is 0 Å². The van der Waals surface area contributed by atoms with Gasteiger partial charge in [0, 0.05) is 16.6 Å². The standard InChI is InChI=1S/C16H23NO3S/c1-12(17-16(19)11-21(20)9-8-18)14-7-6-13-4-2-3-5-15(13)10-14/h6-7,10,12,18H,2-5,8-9,11H2,1H3,(H,17,19)/t12-,21-/m1/s1. The maximum Gasteiger partial charge on any atom is 0.233 e. The summed E-state index contributed by atoms with van der Waals surface area (Å²) in [5, 5.41) is 11.6. The number of aliphatic hydroxyl groups excluding tert-OH is 1. The fourth-order valence-electron chi connectivity index (χ4n) is 2.71. The lowest BCUT2D eigenvalue weighted by molar-refractivity contribution is -0.119. The topological polar surface area (TPSA) is 66.4 Å². The second-order valence-corrected chi connectivity index (χ2v) is 7.11. The number of aliphatic hydroxyl groups is 1. The number of fused-ring (bicyclic) bond motifs is 1. The first-order chi connectivity index (χ1) is 10.1. The maximum absolute atomic E-state index is 11.8. The summed E-state index contributed by atoms with van der Waals surface area (Å²) in [7, 11) is -1.29. The van der Waals surface area contributed by atoms with E-state index in [2.05, 4.69) is 23.5 Å². The van der Waals surface area contributed by atoms with Gasteiger partial charge in [-0.2, -0.15) is 0 Å². The van der Waals surface area contributed by atoms with Crippen molar-refractivity contribution in [2.24, 2.45) is 0 Å². The first-order valence-corrected chi connectivity index (χ1v) is 8.96. The van der Waals surface area contributed by atoms with Crippen molar-refractivity contribution >= 4 is 16.7 Å². The Morgan fingerprint density at radius 3 is 2.76 bits per heavy atom. The smallest absolute Gasteiger partial charge is 0.233 e. The fraction of sp³-hybridized carbons (Fsp3) is 0.562. The van der Waals surface area contributed by atoms with Crippen molar-refractivity contribution in [2.45, 2.75) is 38.6 Å². The highest BCUT2D eigenvalue weighted by atomic mass is 32.2. The number of rotatable bonds is 6. The molecule has 0 radical (unpaired) electrons. The molecule has 1 aliphatic rings. The number of aryl methyl sites for hydroxylation is 2. The molecule has 21 heavy (non-hydrogen) atoms. The molecule has 0 saturated carbocycles. The molecule has 0 spiro atoms. The summed E-state index contributed by atoms with van der Waals surface area (Å²) in [5.41, 5.74) is 3.91. The minimum absolute atomic E-state index is 0.0458. The number of carbonyl (C=O) groups is 1. The lowest BCUT2D eigenvalue weighted by Gasteiger charge is -2.20. The molecule has 2 atom stereocenters. The van der Waals surface area contributed by atoms with E-state index in [1.807, 2.05) is 6.92 Å². The van der Waals surface area contributed by atoms with Crippen LogP contribution in [0, 0.1) is 0 Å². The van der Waals surface area contributed by atoms with Gasteiger partial charge >= 0.3 is 0 Å². The van der Waals surface area contributed by atoms with Gasteiger partial charge in [-0.15, -0.1) is 0 Å². The molecule has 4 nitrogen and oxygen atoms in total. The largest absolute Gasteiger partial charge is 0.395 e. The van der Waals surface area contributed by atoms with Crippen molar-refractivity contribution < 1.29 is 14.1 Å². The Hall–Kier alpha value is -1.20. The van der Waals surface area contributed by atoms with Gasteiger partial charge in [-0.3, -0.25) is 9.00 Å². The first kappa shape index (κ1) is 16.2.